The minimum absolute atomic E-state index is 0.196. The van der Waals surface area contributed by atoms with Crippen molar-refractivity contribution >= 4 is 21.6 Å². The summed E-state index contributed by atoms with van der Waals surface area (Å²) in [7, 11) is -3.50. The zero-order valence-corrected chi connectivity index (χ0v) is 11.5. The topological polar surface area (TPSA) is 72.0 Å². The molecule has 1 heterocycles. The van der Waals surface area contributed by atoms with Crippen molar-refractivity contribution < 1.29 is 8.42 Å². The van der Waals surface area contributed by atoms with Gasteiger partial charge in [-0.3, -0.25) is 0 Å². The second kappa shape index (κ2) is 6.10. The fourth-order valence-corrected chi connectivity index (χ4v) is 2.64. The van der Waals surface area contributed by atoms with Crippen molar-refractivity contribution in [2.24, 2.45) is 0 Å². The summed E-state index contributed by atoms with van der Waals surface area (Å²) in [6, 6.07) is 6.02. The van der Waals surface area contributed by atoms with E-state index in [0.717, 1.165) is 5.56 Å². The molecule has 0 bridgehead atoms. The number of hydrogen-bond donors (Lipinski definition) is 1. The summed E-state index contributed by atoms with van der Waals surface area (Å²) in [5, 5.41) is 0.500. The molecule has 0 saturated heterocycles. The van der Waals surface area contributed by atoms with E-state index in [4.69, 9.17) is 11.6 Å². The lowest BCUT2D eigenvalue weighted by Crippen LogP contribution is -2.26. The van der Waals surface area contributed by atoms with Gasteiger partial charge in [0.2, 0.25) is 10.0 Å². The molecule has 2 aromatic rings. The molecular weight excluding hydrogens is 286 g/mol. The van der Waals surface area contributed by atoms with Gasteiger partial charge < -0.3 is 0 Å². The molecule has 0 aliphatic rings. The van der Waals surface area contributed by atoms with E-state index in [1.54, 1.807) is 24.5 Å². The van der Waals surface area contributed by atoms with Gasteiger partial charge in [-0.15, -0.1) is 0 Å². The second-order valence-electron chi connectivity index (χ2n) is 3.85. The Morgan fingerprint density at radius 1 is 1.11 bits per heavy atom. The molecule has 1 aromatic heterocycles. The number of hydrogen-bond acceptors (Lipinski definition) is 4. The Bertz CT molecular complexity index is 630. The van der Waals surface area contributed by atoms with Crippen LogP contribution < -0.4 is 4.72 Å². The highest BCUT2D eigenvalue weighted by atomic mass is 35.5. The van der Waals surface area contributed by atoms with Crippen molar-refractivity contribution in [3.05, 3.63) is 53.6 Å². The summed E-state index contributed by atoms with van der Waals surface area (Å²) in [5.41, 5.74) is 0.876. The van der Waals surface area contributed by atoms with Crippen LogP contribution in [0.3, 0.4) is 0 Å². The highest BCUT2D eigenvalue weighted by Gasteiger charge is 2.12. The monoisotopic (exact) mass is 297 g/mol. The number of halogens is 1. The van der Waals surface area contributed by atoms with Crippen molar-refractivity contribution in [3.8, 4) is 0 Å². The third-order valence-corrected chi connectivity index (χ3v) is 4.17. The van der Waals surface area contributed by atoms with Crippen LogP contribution >= 0.6 is 11.6 Å². The van der Waals surface area contributed by atoms with Crippen molar-refractivity contribution in [1.82, 2.24) is 14.7 Å². The van der Waals surface area contributed by atoms with Crippen molar-refractivity contribution in [2.75, 3.05) is 6.54 Å². The van der Waals surface area contributed by atoms with Crippen LogP contribution in [0.15, 0.2) is 47.9 Å². The van der Waals surface area contributed by atoms with Crippen molar-refractivity contribution in [1.29, 1.82) is 0 Å². The third-order valence-electron chi connectivity index (χ3n) is 2.44. The van der Waals surface area contributed by atoms with Gasteiger partial charge in [-0.2, -0.15) is 0 Å². The Morgan fingerprint density at radius 3 is 2.37 bits per heavy atom. The van der Waals surface area contributed by atoms with Crippen LogP contribution in [0.5, 0.6) is 0 Å². The largest absolute Gasteiger partial charge is 0.245 e. The molecule has 1 N–H and O–H groups in total. The molecule has 0 atom stereocenters. The quantitative estimate of drug-likeness (QED) is 0.911. The summed E-state index contributed by atoms with van der Waals surface area (Å²) in [6.45, 7) is 0.290. The zero-order chi connectivity index (χ0) is 13.7. The van der Waals surface area contributed by atoms with Gasteiger partial charge in [-0.1, -0.05) is 11.6 Å². The van der Waals surface area contributed by atoms with E-state index < -0.39 is 10.0 Å². The molecule has 1 aromatic carbocycles. The normalized spacial score (nSPS) is 11.4. The molecule has 0 aliphatic carbocycles. The molecule has 0 aliphatic heterocycles. The predicted molar refractivity (Wildman–Crippen MR) is 72.4 cm³/mol. The predicted octanol–water partition coefficient (Wildman–Crippen LogP) is 1.65. The summed E-state index contributed by atoms with van der Waals surface area (Å²) in [6.07, 6.45) is 5.28. The fourth-order valence-electron chi connectivity index (χ4n) is 1.49. The third kappa shape index (κ3) is 3.99. The molecule has 0 unspecified atom stereocenters. The molecule has 0 amide bonds. The van der Waals surface area contributed by atoms with E-state index in [9.17, 15) is 8.42 Å². The number of sulfonamides is 1. The molecule has 2 rings (SSSR count). The minimum Gasteiger partial charge on any atom is -0.245 e. The summed E-state index contributed by atoms with van der Waals surface area (Å²) in [4.78, 5) is 7.92. The molecule has 0 spiro atoms. The molecule has 0 radical (unpaired) electrons. The van der Waals surface area contributed by atoms with Crippen LogP contribution in [0.2, 0.25) is 5.02 Å². The van der Waals surface area contributed by atoms with Crippen LogP contribution in [0.4, 0.5) is 0 Å². The molecule has 19 heavy (non-hydrogen) atoms. The number of nitrogens with one attached hydrogen (secondary N) is 1. The first-order chi connectivity index (χ1) is 9.08. The lowest BCUT2D eigenvalue weighted by atomic mass is 10.2. The molecule has 5 nitrogen and oxygen atoms in total. The molecule has 100 valence electrons. The van der Waals surface area contributed by atoms with E-state index in [0.29, 0.717) is 18.0 Å². The van der Waals surface area contributed by atoms with E-state index >= 15 is 0 Å². The van der Waals surface area contributed by atoms with Crippen LogP contribution in [0.25, 0.3) is 0 Å². The Labute approximate surface area is 116 Å². The van der Waals surface area contributed by atoms with E-state index in [-0.39, 0.29) is 4.90 Å². The van der Waals surface area contributed by atoms with Crippen LogP contribution in [0, 0.1) is 0 Å². The molecule has 7 heteroatoms. The standard InChI is InChI=1S/C12H12ClN3O2S/c13-11-1-3-12(4-2-11)19(17,18)16-6-5-10-7-14-9-15-8-10/h1-4,7-9,16H,5-6H2. The summed E-state index contributed by atoms with van der Waals surface area (Å²) in [5.74, 6) is 0. The van der Waals surface area contributed by atoms with Gasteiger partial charge in [0.25, 0.3) is 0 Å². The van der Waals surface area contributed by atoms with Crippen LogP contribution in [-0.2, 0) is 16.4 Å². The zero-order valence-electron chi connectivity index (χ0n) is 9.95. The average Bonchev–Trinajstić information content (AvgIpc) is 2.40. The number of aromatic nitrogens is 2. The summed E-state index contributed by atoms with van der Waals surface area (Å²) >= 11 is 5.72. The van der Waals surface area contributed by atoms with Gasteiger partial charge in [0, 0.05) is 24.0 Å². The molecular formula is C12H12ClN3O2S. The van der Waals surface area contributed by atoms with Gasteiger partial charge in [0.15, 0.2) is 0 Å². The lowest BCUT2D eigenvalue weighted by molar-refractivity contribution is 0.581. The maximum absolute atomic E-state index is 11.9. The van der Waals surface area contributed by atoms with Crippen molar-refractivity contribution in [2.45, 2.75) is 11.3 Å². The van der Waals surface area contributed by atoms with E-state index in [2.05, 4.69) is 14.7 Å². The first-order valence-corrected chi connectivity index (χ1v) is 7.43. The Hall–Kier alpha value is -1.50. The highest BCUT2D eigenvalue weighted by Crippen LogP contribution is 2.13. The van der Waals surface area contributed by atoms with E-state index in [1.165, 1.54) is 18.5 Å². The smallest absolute Gasteiger partial charge is 0.240 e. The Kier molecular flexibility index (Phi) is 4.47. The van der Waals surface area contributed by atoms with Gasteiger partial charge in [0.1, 0.15) is 6.33 Å². The number of rotatable bonds is 5. The van der Waals surface area contributed by atoms with Gasteiger partial charge in [-0.05, 0) is 36.2 Å². The summed E-state index contributed by atoms with van der Waals surface area (Å²) < 4.78 is 26.4. The first-order valence-electron chi connectivity index (χ1n) is 5.57. The average molecular weight is 298 g/mol. The number of benzene rings is 1. The number of nitrogens with zero attached hydrogens (tertiary/aromatic N) is 2. The Balaban J connectivity index is 1.97. The molecule has 0 fully saturated rings. The highest BCUT2D eigenvalue weighted by molar-refractivity contribution is 7.89. The second-order valence-corrected chi connectivity index (χ2v) is 6.05. The minimum atomic E-state index is -3.50. The van der Waals surface area contributed by atoms with Gasteiger partial charge in [0.05, 0.1) is 4.90 Å². The maximum Gasteiger partial charge on any atom is 0.240 e. The van der Waals surface area contributed by atoms with Crippen LogP contribution in [-0.4, -0.2) is 24.9 Å². The van der Waals surface area contributed by atoms with Gasteiger partial charge >= 0.3 is 0 Å². The molecule has 0 saturated carbocycles. The van der Waals surface area contributed by atoms with Gasteiger partial charge in [-0.25, -0.2) is 23.1 Å². The first kappa shape index (κ1) is 13.9. The van der Waals surface area contributed by atoms with Crippen LogP contribution in [0.1, 0.15) is 5.56 Å². The fraction of sp³-hybridized carbons (Fsp3) is 0.167. The Morgan fingerprint density at radius 2 is 1.74 bits per heavy atom. The maximum atomic E-state index is 11.9. The van der Waals surface area contributed by atoms with E-state index in [1.807, 2.05) is 0 Å². The SMILES string of the molecule is O=S(=O)(NCCc1cncnc1)c1ccc(Cl)cc1. The van der Waals surface area contributed by atoms with Crippen molar-refractivity contribution in [3.63, 3.8) is 0 Å². The lowest BCUT2D eigenvalue weighted by Gasteiger charge is -2.06.